The lowest BCUT2D eigenvalue weighted by Gasteiger charge is -2.09. The van der Waals surface area contributed by atoms with Crippen molar-refractivity contribution in [3.8, 4) is 23.3 Å². The number of rotatable bonds is 4. The summed E-state index contributed by atoms with van der Waals surface area (Å²) in [5.74, 6) is 1.35. The summed E-state index contributed by atoms with van der Waals surface area (Å²) in [5, 5.41) is 9.06. The lowest BCUT2D eigenvalue weighted by atomic mass is 10.2. The van der Waals surface area contributed by atoms with E-state index < -0.39 is 9.84 Å². The Hall–Kier alpha value is -2.52. The Morgan fingerprint density at radius 2 is 1.67 bits per heavy atom. The summed E-state index contributed by atoms with van der Waals surface area (Å²) in [6, 6.07) is 12.9. The summed E-state index contributed by atoms with van der Waals surface area (Å²) in [4.78, 5) is 0.209. The van der Waals surface area contributed by atoms with E-state index in [-0.39, 0.29) is 4.90 Å². The van der Waals surface area contributed by atoms with Crippen LogP contribution in [0, 0.1) is 11.3 Å². The number of nitriles is 1. The Labute approximate surface area is 123 Å². The third-order valence-corrected chi connectivity index (χ3v) is 3.92. The smallest absolute Gasteiger partial charge is 0.175 e. The van der Waals surface area contributed by atoms with Crippen molar-refractivity contribution in [3.05, 3.63) is 48.0 Å². The molecule has 0 aliphatic carbocycles. The van der Waals surface area contributed by atoms with Gasteiger partial charge in [-0.1, -0.05) is 0 Å². The second kappa shape index (κ2) is 5.85. The number of methoxy groups -OCH3 is 1. The fourth-order valence-electron chi connectivity index (χ4n) is 1.69. The predicted octanol–water partition coefficient (Wildman–Crippen LogP) is 2.76. The van der Waals surface area contributed by atoms with E-state index >= 15 is 0 Å². The third-order valence-electron chi connectivity index (χ3n) is 2.79. The van der Waals surface area contributed by atoms with E-state index in [1.54, 1.807) is 18.2 Å². The molecule has 0 heterocycles. The Morgan fingerprint density at radius 3 is 2.19 bits per heavy atom. The lowest BCUT2D eigenvalue weighted by molar-refractivity contribution is 0.409. The number of hydrogen-bond donors (Lipinski definition) is 0. The first-order chi connectivity index (χ1) is 9.94. The average molecular weight is 303 g/mol. The number of ether oxygens (including phenoxy) is 2. The minimum absolute atomic E-state index is 0.209. The molecule has 6 heteroatoms. The van der Waals surface area contributed by atoms with Crippen molar-refractivity contribution in [2.75, 3.05) is 13.4 Å². The minimum atomic E-state index is -3.24. The molecule has 0 bridgehead atoms. The van der Waals surface area contributed by atoms with Crippen molar-refractivity contribution in [2.24, 2.45) is 0 Å². The van der Waals surface area contributed by atoms with Crippen LogP contribution < -0.4 is 9.47 Å². The van der Waals surface area contributed by atoms with Crippen molar-refractivity contribution in [1.82, 2.24) is 0 Å². The quantitative estimate of drug-likeness (QED) is 0.868. The van der Waals surface area contributed by atoms with Crippen LogP contribution in [0.1, 0.15) is 5.56 Å². The monoisotopic (exact) mass is 303 g/mol. The van der Waals surface area contributed by atoms with Crippen LogP contribution in [-0.2, 0) is 9.84 Å². The van der Waals surface area contributed by atoms with Crippen molar-refractivity contribution >= 4 is 9.84 Å². The normalized spacial score (nSPS) is 10.7. The Balaban J connectivity index is 2.32. The molecule has 0 aromatic heterocycles. The summed E-state index contributed by atoms with van der Waals surface area (Å²) in [6.45, 7) is 0. The summed E-state index contributed by atoms with van der Waals surface area (Å²) in [6.07, 6.45) is 1.14. The summed E-state index contributed by atoms with van der Waals surface area (Å²) in [5.41, 5.74) is 0.364. The second-order valence-electron chi connectivity index (χ2n) is 4.32. The van der Waals surface area contributed by atoms with Gasteiger partial charge in [0, 0.05) is 12.3 Å². The molecule has 2 aromatic rings. The van der Waals surface area contributed by atoms with E-state index in [1.807, 2.05) is 6.07 Å². The average Bonchev–Trinajstić information content (AvgIpc) is 2.46. The molecule has 0 spiro atoms. The zero-order valence-electron chi connectivity index (χ0n) is 11.5. The molecule has 0 aliphatic rings. The molecule has 0 radical (unpaired) electrons. The standard InChI is InChI=1S/C15H13NO4S/c1-19-13-4-3-11(10-16)15(9-13)20-12-5-7-14(8-6-12)21(2,17)18/h3-9H,1-2H3. The number of hydrogen-bond acceptors (Lipinski definition) is 5. The third kappa shape index (κ3) is 3.52. The molecule has 0 unspecified atom stereocenters. The van der Waals surface area contributed by atoms with Gasteiger partial charge in [0.25, 0.3) is 0 Å². The maximum atomic E-state index is 11.4. The van der Waals surface area contributed by atoms with Gasteiger partial charge in [0.05, 0.1) is 17.6 Å². The van der Waals surface area contributed by atoms with Gasteiger partial charge >= 0.3 is 0 Å². The first kappa shape index (κ1) is 14.9. The predicted molar refractivity (Wildman–Crippen MR) is 77.3 cm³/mol. The van der Waals surface area contributed by atoms with E-state index in [4.69, 9.17) is 14.7 Å². The molecule has 5 nitrogen and oxygen atoms in total. The molecule has 0 saturated carbocycles. The second-order valence-corrected chi connectivity index (χ2v) is 6.34. The van der Waals surface area contributed by atoms with E-state index in [1.165, 1.54) is 31.4 Å². The molecular formula is C15H13NO4S. The minimum Gasteiger partial charge on any atom is -0.497 e. The molecule has 2 rings (SSSR count). The van der Waals surface area contributed by atoms with Crippen LogP contribution >= 0.6 is 0 Å². The molecule has 0 amide bonds. The van der Waals surface area contributed by atoms with Gasteiger partial charge in [0.15, 0.2) is 9.84 Å². The number of benzene rings is 2. The topological polar surface area (TPSA) is 76.4 Å². The maximum Gasteiger partial charge on any atom is 0.175 e. The highest BCUT2D eigenvalue weighted by Gasteiger charge is 2.09. The van der Waals surface area contributed by atoms with E-state index in [0.717, 1.165) is 6.26 Å². The fourth-order valence-corrected chi connectivity index (χ4v) is 2.32. The van der Waals surface area contributed by atoms with E-state index in [2.05, 4.69) is 0 Å². The van der Waals surface area contributed by atoms with Gasteiger partial charge in [-0.3, -0.25) is 0 Å². The van der Waals surface area contributed by atoms with Crippen LogP contribution in [0.15, 0.2) is 47.4 Å². The zero-order valence-corrected chi connectivity index (χ0v) is 12.3. The van der Waals surface area contributed by atoms with Crippen LogP contribution in [0.4, 0.5) is 0 Å². The van der Waals surface area contributed by atoms with E-state index in [0.29, 0.717) is 22.8 Å². The molecule has 0 saturated heterocycles. The SMILES string of the molecule is COc1ccc(C#N)c(Oc2ccc(S(C)(=O)=O)cc2)c1. The first-order valence-electron chi connectivity index (χ1n) is 6.00. The Morgan fingerprint density at radius 1 is 1.05 bits per heavy atom. The van der Waals surface area contributed by atoms with Crippen LogP contribution in [0.2, 0.25) is 0 Å². The largest absolute Gasteiger partial charge is 0.497 e. The van der Waals surface area contributed by atoms with Gasteiger partial charge in [-0.2, -0.15) is 5.26 Å². The van der Waals surface area contributed by atoms with Gasteiger partial charge in [-0.05, 0) is 36.4 Å². The van der Waals surface area contributed by atoms with Gasteiger partial charge in [-0.15, -0.1) is 0 Å². The summed E-state index contributed by atoms with van der Waals surface area (Å²) >= 11 is 0. The first-order valence-corrected chi connectivity index (χ1v) is 7.89. The summed E-state index contributed by atoms with van der Waals surface area (Å²) < 4.78 is 33.5. The number of sulfone groups is 1. The highest BCUT2D eigenvalue weighted by Crippen LogP contribution is 2.29. The highest BCUT2D eigenvalue weighted by atomic mass is 32.2. The lowest BCUT2D eigenvalue weighted by Crippen LogP contribution is -1.96. The molecule has 2 aromatic carbocycles. The van der Waals surface area contributed by atoms with Crippen LogP contribution in [0.25, 0.3) is 0 Å². The van der Waals surface area contributed by atoms with Crippen LogP contribution in [0.3, 0.4) is 0 Å². The number of nitrogens with zero attached hydrogens (tertiary/aromatic N) is 1. The van der Waals surface area contributed by atoms with Gasteiger partial charge in [-0.25, -0.2) is 8.42 Å². The van der Waals surface area contributed by atoms with E-state index in [9.17, 15) is 8.42 Å². The highest BCUT2D eigenvalue weighted by molar-refractivity contribution is 7.90. The van der Waals surface area contributed by atoms with Crippen LogP contribution in [-0.4, -0.2) is 21.8 Å². The molecule has 0 fully saturated rings. The van der Waals surface area contributed by atoms with Crippen molar-refractivity contribution in [1.29, 1.82) is 5.26 Å². The molecule has 0 aliphatic heterocycles. The van der Waals surface area contributed by atoms with Crippen molar-refractivity contribution < 1.29 is 17.9 Å². The fraction of sp³-hybridized carbons (Fsp3) is 0.133. The molecular weight excluding hydrogens is 290 g/mol. The maximum absolute atomic E-state index is 11.4. The Kier molecular flexibility index (Phi) is 4.15. The van der Waals surface area contributed by atoms with Crippen molar-refractivity contribution in [3.63, 3.8) is 0 Å². The van der Waals surface area contributed by atoms with Gasteiger partial charge in [0.2, 0.25) is 0 Å². The van der Waals surface area contributed by atoms with Crippen LogP contribution in [0.5, 0.6) is 17.2 Å². The molecule has 0 atom stereocenters. The van der Waals surface area contributed by atoms with Gasteiger partial charge < -0.3 is 9.47 Å². The van der Waals surface area contributed by atoms with Crippen molar-refractivity contribution in [2.45, 2.75) is 4.90 Å². The zero-order chi connectivity index (χ0) is 15.5. The molecule has 0 N–H and O–H groups in total. The molecule has 108 valence electrons. The van der Waals surface area contributed by atoms with Gasteiger partial charge in [0.1, 0.15) is 23.3 Å². The Bertz CT molecular complexity index is 789. The summed E-state index contributed by atoms with van der Waals surface area (Å²) in [7, 11) is -1.72. The molecule has 21 heavy (non-hydrogen) atoms.